The lowest BCUT2D eigenvalue weighted by molar-refractivity contribution is -0.150. The summed E-state index contributed by atoms with van der Waals surface area (Å²) in [6.45, 7) is 4.27. The number of unbranched alkanes of at least 4 members (excludes halogenated alkanes) is 10. The highest BCUT2D eigenvalue weighted by molar-refractivity contribution is 5.69. The highest BCUT2D eigenvalue weighted by atomic mass is 16.5. The number of carbonyl (C=O) groups excluding carboxylic acids is 1. The number of ether oxygens (including phenoxy) is 1. The van der Waals surface area contributed by atoms with Crippen LogP contribution in [0.5, 0.6) is 0 Å². The van der Waals surface area contributed by atoms with Crippen LogP contribution in [0.4, 0.5) is 0 Å². The third-order valence-corrected chi connectivity index (χ3v) is 6.55. The van der Waals surface area contributed by atoms with Crippen molar-refractivity contribution < 1.29 is 19.4 Å². The number of aliphatic carboxylic acids is 1. The van der Waals surface area contributed by atoms with E-state index >= 15 is 0 Å². The molecule has 0 aliphatic heterocycles. The van der Waals surface area contributed by atoms with Crippen molar-refractivity contribution in [1.82, 2.24) is 0 Å². The van der Waals surface area contributed by atoms with Gasteiger partial charge in [0.15, 0.2) is 0 Å². The Morgan fingerprint density at radius 1 is 0.605 bits per heavy atom. The van der Waals surface area contributed by atoms with Crippen molar-refractivity contribution in [3.63, 3.8) is 0 Å². The van der Waals surface area contributed by atoms with E-state index in [2.05, 4.69) is 62.5 Å². The lowest BCUT2D eigenvalue weighted by Crippen LogP contribution is -2.18. The van der Waals surface area contributed by atoms with Crippen LogP contribution in [-0.2, 0) is 14.3 Å². The standard InChI is InChI=1S/C34H58O4/c1-3-5-6-7-8-9-10-11-12-13-14-15-16-17-18-19-20-21-22-23-27-31-34(37)38-32(28-4-2)29-25-24-26-30-33(35)36/h5-6,8-9,11-12,14-15,32H,3-4,7,10,13,16-31H2,1-2H3,(H,35,36)/b6-5-,9-8-,12-11-,15-14-. The van der Waals surface area contributed by atoms with Gasteiger partial charge in [-0.3, -0.25) is 9.59 Å². The minimum absolute atomic E-state index is 0.00555. The first-order valence-corrected chi connectivity index (χ1v) is 15.6. The molecular weight excluding hydrogens is 472 g/mol. The van der Waals surface area contributed by atoms with E-state index in [0.29, 0.717) is 12.8 Å². The molecule has 4 heteroatoms. The summed E-state index contributed by atoms with van der Waals surface area (Å²) in [5, 5.41) is 8.71. The third-order valence-electron chi connectivity index (χ3n) is 6.55. The average Bonchev–Trinajstić information content (AvgIpc) is 2.89. The first-order chi connectivity index (χ1) is 18.6. The Morgan fingerprint density at radius 2 is 1.11 bits per heavy atom. The van der Waals surface area contributed by atoms with Crippen LogP contribution in [0.25, 0.3) is 0 Å². The summed E-state index contributed by atoms with van der Waals surface area (Å²) >= 11 is 0. The predicted octanol–water partition coefficient (Wildman–Crippen LogP) is 10.4. The van der Waals surface area contributed by atoms with Gasteiger partial charge in [-0.2, -0.15) is 0 Å². The molecule has 4 nitrogen and oxygen atoms in total. The van der Waals surface area contributed by atoms with Gasteiger partial charge in [-0.15, -0.1) is 0 Å². The highest BCUT2D eigenvalue weighted by Crippen LogP contribution is 2.16. The van der Waals surface area contributed by atoms with Gasteiger partial charge in [0.1, 0.15) is 6.10 Å². The van der Waals surface area contributed by atoms with Gasteiger partial charge in [-0.1, -0.05) is 114 Å². The van der Waals surface area contributed by atoms with Crippen LogP contribution in [0.2, 0.25) is 0 Å². The van der Waals surface area contributed by atoms with E-state index in [9.17, 15) is 9.59 Å². The lowest BCUT2D eigenvalue weighted by Gasteiger charge is -2.17. The molecule has 0 amide bonds. The van der Waals surface area contributed by atoms with Crippen LogP contribution in [-0.4, -0.2) is 23.1 Å². The van der Waals surface area contributed by atoms with Crippen molar-refractivity contribution >= 4 is 11.9 Å². The fourth-order valence-corrected chi connectivity index (χ4v) is 4.34. The zero-order valence-corrected chi connectivity index (χ0v) is 24.7. The summed E-state index contributed by atoms with van der Waals surface area (Å²) in [5.41, 5.74) is 0. The lowest BCUT2D eigenvalue weighted by atomic mass is 10.0. The molecule has 218 valence electrons. The van der Waals surface area contributed by atoms with Gasteiger partial charge in [0.25, 0.3) is 0 Å². The zero-order chi connectivity index (χ0) is 27.9. The second-order valence-corrected chi connectivity index (χ2v) is 10.3. The van der Waals surface area contributed by atoms with Crippen LogP contribution < -0.4 is 0 Å². The first-order valence-electron chi connectivity index (χ1n) is 15.6. The molecule has 0 bridgehead atoms. The predicted molar refractivity (Wildman–Crippen MR) is 162 cm³/mol. The fourth-order valence-electron chi connectivity index (χ4n) is 4.34. The van der Waals surface area contributed by atoms with Gasteiger partial charge in [0.2, 0.25) is 0 Å². The molecule has 0 aromatic carbocycles. The second kappa shape index (κ2) is 29.5. The van der Waals surface area contributed by atoms with Crippen molar-refractivity contribution in [2.24, 2.45) is 0 Å². The number of carbonyl (C=O) groups is 2. The molecule has 0 aliphatic rings. The van der Waals surface area contributed by atoms with Crippen LogP contribution in [0.3, 0.4) is 0 Å². The van der Waals surface area contributed by atoms with E-state index in [1.807, 2.05) is 0 Å². The van der Waals surface area contributed by atoms with E-state index in [0.717, 1.165) is 70.6 Å². The molecule has 0 spiro atoms. The molecule has 1 N–H and O–H groups in total. The Kier molecular flexibility index (Phi) is 27.8. The van der Waals surface area contributed by atoms with Crippen LogP contribution in [0.1, 0.15) is 149 Å². The number of hydrogen-bond acceptors (Lipinski definition) is 3. The molecule has 0 aromatic heterocycles. The van der Waals surface area contributed by atoms with Crippen molar-refractivity contribution in [2.45, 2.75) is 155 Å². The second-order valence-electron chi connectivity index (χ2n) is 10.3. The number of carboxylic acid groups (broad SMARTS) is 1. The Labute approximate surface area is 234 Å². The summed E-state index contributed by atoms with van der Waals surface area (Å²) in [7, 11) is 0. The molecule has 1 unspecified atom stereocenters. The minimum atomic E-state index is -0.737. The van der Waals surface area contributed by atoms with Gasteiger partial charge in [0, 0.05) is 12.8 Å². The number of hydrogen-bond donors (Lipinski definition) is 1. The molecule has 0 saturated carbocycles. The monoisotopic (exact) mass is 530 g/mol. The number of carboxylic acids is 1. The average molecular weight is 531 g/mol. The molecule has 0 radical (unpaired) electrons. The maximum atomic E-state index is 12.2. The summed E-state index contributed by atoms with van der Waals surface area (Å²) in [6.07, 6.45) is 39.0. The van der Waals surface area contributed by atoms with E-state index in [-0.39, 0.29) is 18.5 Å². The van der Waals surface area contributed by atoms with Crippen LogP contribution in [0.15, 0.2) is 48.6 Å². The molecule has 0 aliphatic carbocycles. The Balaban J connectivity index is 3.56. The van der Waals surface area contributed by atoms with Gasteiger partial charge in [-0.25, -0.2) is 0 Å². The molecule has 1 atom stereocenters. The van der Waals surface area contributed by atoms with Gasteiger partial charge in [-0.05, 0) is 70.6 Å². The zero-order valence-electron chi connectivity index (χ0n) is 24.7. The van der Waals surface area contributed by atoms with Crippen LogP contribution >= 0.6 is 0 Å². The van der Waals surface area contributed by atoms with Gasteiger partial charge in [0.05, 0.1) is 0 Å². The van der Waals surface area contributed by atoms with E-state index in [4.69, 9.17) is 9.84 Å². The molecular formula is C34H58O4. The van der Waals surface area contributed by atoms with E-state index in [1.54, 1.807) is 0 Å². The van der Waals surface area contributed by atoms with Crippen molar-refractivity contribution in [3.8, 4) is 0 Å². The molecule has 0 saturated heterocycles. The molecule has 0 rings (SSSR count). The summed E-state index contributed by atoms with van der Waals surface area (Å²) < 4.78 is 5.69. The molecule has 0 fully saturated rings. The van der Waals surface area contributed by atoms with E-state index < -0.39 is 5.97 Å². The number of esters is 1. The van der Waals surface area contributed by atoms with Gasteiger partial charge >= 0.3 is 11.9 Å². The largest absolute Gasteiger partial charge is 0.481 e. The Morgan fingerprint density at radius 3 is 1.68 bits per heavy atom. The maximum absolute atomic E-state index is 12.2. The van der Waals surface area contributed by atoms with Crippen molar-refractivity contribution in [3.05, 3.63) is 48.6 Å². The SMILES string of the molecule is CC/C=C\C/C=C\C/C=C\C/C=C\CCCCCCCCCCC(=O)OC(CCC)CCCCCC(=O)O. The Bertz CT molecular complexity index is 659. The Hall–Kier alpha value is -2.10. The third kappa shape index (κ3) is 28.5. The number of allylic oxidation sites excluding steroid dienone is 8. The minimum Gasteiger partial charge on any atom is -0.481 e. The topological polar surface area (TPSA) is 63.6 Å². The van der Waals surface area contributed by atoms with Gasteiger partial charge < -0.3 is 9.84 Å². The fraction of sp³-hybridized carbons (Fsp3) is 0.706. The quantitative estimate of drug-likeness (QED) is 0.0651. The normalized spacial score (nSPS) is 12.9. The smallest absolute Gasteiger partial charge is 0.306 e. The number of rotatable bonds is 27. The van der Waals surface area contributed by atoms with E-state index in [1.165, 1.54) is 44.9 Å². The highest BCUT2D eigenvalue weighted by Gasteiger charge is 2.13. The summed E-state index contributed by atoms with van der Waals surface area (Å²) in [4.78, 5) is 22.8. The first kappa shape index (κ1) is 35.9. The summed E-state index contributed by atoms with van der Waals surface area (Å²) in [6, 6.07) is 0. The molecule has 0 heterocycles. The molecule has 0 aromatic rings. The maximum Gasteiger partial charge on any atom is 0.306 e. The molecule has 38 heavy (non-hydrogen) atoms. The summed E-state index contributed by atoms with van der Waals surface area (Å²) in [5.74, 6) is -0.802. The van der Waals surface area contributed by atoms with Crippen molar-refractivity contribution in [2.75, 3.05) is 0 Å². The van der Waals surface area contributed by atoms with Crippen molar-refractivity contribution in [1.29, 1.82) is 0 Å². The van der Waals surface area contributed by atoms with Crippen LogP contribution in [0, 0.1) is 0 Å².